The number of nitrogens with two attached hydrogens (primary N) is 1. The number of amides is 1. The van der Waals surface area contributed by atoms with Gasteiger partial charge in [-0.25, -0.2) is 0 Å². The van der Waals surface area contributed by atoms with E-state index in [0.717, 1.165) is 18.5 Å². The maximum absolute atomic E-state index is 11.9. The molecule has 0 spiro atoms. The van der Waals surface area contributed by atoms with Crippen molar-refractivity contribution < 1.29 is 4.79 Å². The standard InChI is InChI=1S/C12H19N3O/c1-3-10(4-2)15-12(16)9-5-6-14-11(7-9)8-13/h5-7,10H,3-4,8,13H2,1-2H3,(H,15,16). The van der Waals surface area contributed by atoms with Gasteiger partial charge in [0.2, 0.25) is 0 Å². The van der Waals surface area contributed by atoms with Crippen LogP contribution in [0.15, 0.2) is 18.3 Å². The molecule has 3 N–H and O–H groups in total. The minimum Gasteiger partial charge on any atom is -0.349 e. The average Bonchev–Trinajstić information content (AvgIpc) is 2.35. The smallest absolute Gasteiger partial charge is 0.251 e. The Kier molecular flexibility index (Phi) is 4.92. The molecule has 0 aromatic carbocycles. The van der Waals surface area contributed by atoms with E-state index < -0.39 is 0 Å². The molecule has 0 atom stereocenters. The summed E-state index contributed by atoms with van der Waals surface area (Å²) >= 11 is 0. The number of hydrogen-bond donors (Lipinski definition) is 2. The molecule has 0 aliphatic rings. The van der Waals surface area contributed by atoms with Crippen molar-refractivity contribution in [1.82, 2.24) is 10.3 Å². The average molecular weight is 221 g/mol. The van der Waals surface area contributed by atoms with E-state index in [0.29, 0.717) is 12.1 Å². The lowest BCUT2D eigenvalue weighted by Gasteiger charge is -2.14. The highest BCUT2D eigenvalue weighted by atomic mass is 16.1. The predicted molar refractivity (Wildman–Crippen MR) is 64.0 cm³/mol. The van der Waals surface area contributed by atoms with Crippen molar-refractivity contribution in [1.29, 1.82) is 0 Å². The van der Waals surface area contributed by atoms with Crippen molar-refractivity contribution in [3.8, 4) is 0 Å². The van der Waals surface area contributed by atoms with Crippen LogP contribution >= 0.6 is 0 Å². The van der Waals surface area contributed by atoms with Crippen molar-refractivity contribution in [2.45, 2.75) is 39.3 Å². The number of carbonyl (C=O) groups excluding carboxylic acids is 1. The zero-order valence-corrected chi connectivity index (χ0v) is 9.86. The van der Waals surface area contributed by atoms with Crippen molar-refractivity contribution >= 4 is 5.91 Å². The summed E-state index contributed by atoms with van der Waals surface area (Å²) < 4.78 is 0. The Morgan fingerprint density at radius 3 is 2.75 bits per heavy atom. The molecular formula is C12H19N3O. The first-order valence-corrected chi connectivity index (χ1v) is 5.67. The molecular weight excluding hydrogens is 202 g/mol. The number of hydrogen-bond acceptors (Lipinski definition) is 3. The van der Waals surface area contributed by atoms with Gasteiger partial charge in [0.05, 0.1) is 5.69 Å². The van der Waals surface area contributed by atoms with Crippen molar-refractivity contribution in [2.24, 2.45) is 5.73 Å². The first kappa shape index (κ1) is 12.6. The molecule has 0 unspecified atom stereocenters. The molecule has 1 rings (SSSR count). The maximum Gasteiger partial charge on any atom is 0.251 e. The Morgan fingerprint density at radius 1 is 1.50 bits per heavy atom. The van der Waals surface area contributed by atoms with Gasteiger partial charge < -0.3 is 11.1 Å². The molecule has 0 saturated carbocycles. The minimum absolute atomic E-state index is 0.0502. The summed E-state index contributed by atoms with van der Waals surface area (Å²) in [4.78, 5) is 15.9. The Bertz CT molecular complexity index is 348. The molecule has 4 nitrogen and oxygen atoms in total. The van der Waals surface area contributed by atoms with Crippen LogP contribution in [-0.2, 0) is 6.54 Å². The first-order chi connectivity index (χ1) is 7.71. The van der Waals surface area contributed by atoms with Crippen LogP contribution in [-0.4, -0.2) is 16.9 Å². The summed E-state index contributed by atoms with van der Waals surface area (Å²) in [5, 5.41) is 2.98. The van der Waals surface area contributed by atoms with E-state index in [-0.39, 0.29) is 11.9 Å². The van der Waals surface area contributed by atoms with Gasteiger partial charge in [0.1, 0.15) is 0 Å². The fourth-order valence-electron chi connectivity index (χ4n) is 1.49. The second-order valence-corrected chi connectivity index (χ2v) is 3.73. The molecule has 88 valence electrons. The molecule has 4 heteroatoms. The highest BCUT2D eigenvalue weighted by molar-refractivity contribution is 5.94. The van der Waals surface area contributed by atoms with Gasteiger partial charge in [-0.2, -0.15) is 0 Å². The number of pyridine rings is 1. The highest BCUT2D eigenvalue weighted by Crippen LogP contribution is 2.04. The van der Waals surface area contributed by atoms with Gasteiger partial charge in [0, 0.05) is 24.3 Å². The number of nitrogens with one attached hydrogen (secondary N) is 1. The summed E-state index contributed by atoms with van der Waals surface area (Å²) in [5.74, 6) is -0.0502. The summed E-state index contributed by atoms with van der Waals surface area (Å²) in [5.41, 5.74) is 6.84. The molecule has 0 fully saturated rings. The predicted octanol–water partition coefficient (Wildman–Crippen LogP) is 1.46. The second kappa shape index (κ2) is 6.23. The number of aromatic nitrogens is 1. The van der Waals surface area contributed by atoms with Crippen LogP contribution in [0.2, 0.25) is 0 Å². The SMILES string of the molecule is CCC(CC)NC(=O)c1ccnc(CN)c1. The van der Waals surface area contributed by atoms with Crippen molar-refractivity contribution in [3.63, 3.8) is 0 Å². The fourth-order valence-corrected chi connectivity index (χ4v) is 1.49. The van der Waals surface area contributed by atoms with E-state index in [1.54, 1.807) is 18.3 Å². The third-order valence-corrected chi connectivity index (χ3v) is 2.61. The Labute approximate surface area is 96.3 Å². The largest absolute Gasteiger partial charge is 0.349 e. The summed E-state index contributed by atoms with van der Waals surface area (Å²) in [6.07, 6.45) is 3.50. The van der Waals surface area contributed by atoms with Gasteiger partial charge in [-0.15, -0.1) is 0 Å². The molecule has 16 heavy (non-hydrogen) atoms. The number of carbonyl (C=O) groups is 1. The lowest BCUT2D eigenvalue weighted by molar-refractivity contribution is 0.0934. The minimum atomic E-state index is -0.0502. The lowest BCUT2D eigenvalue weighted by Crippen LogP contribution is -2.33. The van der Waals surface area contributed by atoms with Gasteiger partial charge in [-0.3, -0.25) is 9.78 Å². The first-order valence-electron chi connectivity index (χ1n) is 5.67. The van der Waals surface area contributed by atoms with E-state index >= 15 is 0 Å². The molecule has 1 heterocycles. The van der Waals surface area contributed by atoms with E-state index in [1.807, 2.05) is 0 Å². The number of rotatable bonds is 5. The van der Waals surface area contributed by atoms with Crippen molar-refractivity contribution in [3.05, 3.63) is 29.6 Å². The molecule has 0 bridgehead atoms. The van der Waals surface area contributed by atoms with Gasteiger partial charge in [0.15, 0.2) is 0 Å². The lowest BCUT2D eigenvalue weighted by atomic mass is 10.1. The van der Waals surface area contributed by atoms with Crippen molar-refractivity contribution in [2.75, 3.05) is 0 Å². The number of nitrogens with zero attached hydrogens (tertiary/aromatic N) is 1. The Balaban J connectivity index is 2.72. The van der Waals surface area contributed by atoms with Crippen LogP contribution in [0.4, 0.5) is 0 Å². The highest BCUT2D eigenvalue weighted by Gasteiger charge is 2.10. The second-order valence-electron chi connectivity index (χ2n) is 3.73. The third-order valence-electron chi connectivity index (χ3n) is 2.61. The van der Waals surface area contributed by atoms with Crippen LogP contribution in [0.1, 0.15) is 42.7 Å². The summed E-state index contributed by atoms with van der Waals surface area (Å²) in [6, 6.07) is 3.68. The van der Waals surface area contributed by atoms with Crippen LogP contribution < -0.4 is 11.1 Å². The monoisotopic (exact) mass is 221 g/mol. The molecule has 1 amide bonds. The molecule has 0 aliphatic heterocycles. The van der Waals surface area contributed by atoms with Crippen LogP contribution in [0, 0.1) is 0 Å². The molecule has 0 radical (unpaired) electrons. The Morgan fingerprint density at radius 2 is 2.19 bits per heavy atom. The zero-order chi connectivity index (χ0) is 12.0. The van der Waals surface area contributed by atoms with Gasteiger partial charge in [0.25, 0.3) is 5.91 Å². The Hall–Kier alpha value is -1.42. The van der Waals surface area contributed by atoms with Crippen LogP contribution in [0.25, 0.3) is 0 Å². The summed E-state index contributed by atoms with van der Waals surface area (Å²) in [6.45, 7) is 4.48. The molecule has 0 aliphatic carbocycles. The molecule has 1 aromatic rings. The molecule has 1 aromatic heterocycles. The zero-order valence-electron chi connectivity index (χ0n) is 9.86. The van der Waals surface area contributed by atoms with E-state index in [9.17, 15) is 4.79 Å². The topological polar surface area (TPSA) is 68.0 Å². The maximum atomic E-state index is 11.9. The van der Waals surface area contributed by atoms with Crippen LogP contribution in [0.3, 0.4) is 0 Å². The normalized spacial score (nSPS) is 10.5. The fraction of sp³-hybridized carbons (Fsp3) is 0.500. The molecule has 0 saturated heterocycles. The van der Waals surface area contributed by atoms with Crippen LogP contribution in [0.5, 0.6) is 0 Å². The van der Waals surface area contributed by atoms with Gasteiger partial charge in [-0.1, -0.05) is 13.8 Å². The summed E-state index contributed by atoms with van der Waals surface area (Å²) in [7, 11) is 0. The van der Waals surface area contributed by atoms with Gasteiger partial charge >= 0.3 is 0 Å². The third kappa shape index (κ3) is 3.31. The van der Waals surface area contributed by atoms with E-state index in [2.05, 4.69) is 24.1 Å². The van der Waals surface area contributed by atoms with E-state index in [1.165, 1.54) is 0 Å². The van der Waals surface area contributed by atoms with E-state index in [4.69, 9.17) is 5.73 Å². The quantitative estimate of drug-likeness (QED) is 0.791. The van der Waals surface area contributed by atoms with Gasteiger partial charge in [-0.05, 0) is 25.0 Å².